The first-order valence-corrected chi connectivity index (χ1v) is 5.85. The van der Waals surface area contributed by atoms with Gasteiger partial charge in [-0.2, -0.15) is 0 Å². The minimum atomic E-state index is 0.156. The summed E-state index contributed by atoms with van der Waals surface area (Å²) >= 11 is 0. The van der Waals surface area contributed by atoms with Crippen LogP contribution < -0.4 is 5.32 Å². The molecule has 2 unspecified atom stereocenters. The van der Waals surface area contributed by atoms with E-state index in [0.717, 1.165) is 5.57 Å². The van der Waals surface area contributed by atoms with Crippen LogP contribution in [0.3, 0.4) is 0 Å². The lowest BCUT2D eigenvalue weighted by molar-refractivity contribution is -0.121. The Labute approximate surface area is 98.1 Å². The maximum atomic E-state index is 11.5. The largest absolute Gasteiger partial charge is 0.353 e. The average molecular weight is 219 g/mol. The third-order valence-electron chi connectivity index (χ3n) is 2.68. The van der Waals surface area contributed by atoms with Gasteiger partial charge in [0.05, 0.1) is 0 Å². The van der Waals surface area contributed by atoms with Gasteiger partial charge in [0.15, 0.2) is 0 Å². The molecule has 16 heavy (non-hydrogen) atoms. The fourth-order valence-electron chi connectivity index (χ4n) is 1.73. The summed E-state index contributed by atoms with van der Waals surface area (Å²) < 4.78 is 0. The van der Waals surface area contributed by atoms with E-state index in [4.69, 9.17) is 0 Å². The summed E-state index contributed by atoms with van der Waals surface area (Å²) in [4.78, 5) is 11.5. The van der Waals surface area contributed by atoms with Crippen LogP contribution in [-0.2, 0) is 4.79 Å². The fraction of sp³-hybridized carbons (Fsp3) is 0.500. The molecule has 1 amide bonds. The van der Waals surface area contributed by atoms with E-state index in [1.54, 1.807) is 0 Å². The molecule has 0 aliphatic heterocycles. The topological polar surface area (TPSA) is 29.1 Å². The zero-order valence-corrected chi connectivity index (χ0v) is 10.2. The normalized spacial score (nSPS) is 23.9. The van der Waals surface area contributed by atoms with Crippen molar-refractivity contribution in [3.63, 3.8) is 0 Å². The molecule has 0 aromatic heterocycles. The van der Waals surface area contributed by atoms with Gasteiger partial charge in [0.2, 0.25) is 5.91 Å². The van der Waals surface area contributed by atoms with Crippen molar-refractivity contribution >= 4 is 5.91 Å². The second kappa shape index (κ2) is 6.31. The Bertz CT molecular complexity index is 315. The molecule has 1 fully saturated rings. The molecule has 88 valence electrons. The van der Waals surface area contributed by atoms with Crippen molar-refractivity contribution in [1.29, 1.82) is 0 Å². The van der Waals surface area contributed by atoms with E-state index in [-0.39, 0.29) is 5.91 Å². The Morgan fingerprint density at radius 3 is 2.94 bits per heavy atom. The highest BCUT2D eigenvalue weighted by atomic mass is 16.1. The van der Waals surface area contributed by atoms with Gasteiger partial charge in [-0.3, -0.25) is 4.79 Å². The highest BCUT2D eigenvalue weighted by Crippen LogP contribution is 2.42. The molecule has 1 saturated carbocycles. The van der Waals surface area contributed by atoms with Crippen LogP contribution in [0.1, 0.15) is 26.7 Å². The first-order valence-electron chi connectivity index (χ1n) is 5.85. The predicted molar refractivity (Wildman–Crippen MR) is 68.0 cm³/mol. The Morgan fingerprint density at radius 1 is 1.56 bits per heavy atom. The molecule has 1 aliphatic rings. The Morgan fingerprint density at radius 2 is 2.31 bits per heavy atom. The van der Waals surface area contributed by atoms with Crippen LogP contribution in [0.5, 0.6) is 0 Å². The molecule has 1 rings (SSSR count). The van der Waals surface area contributed by atoms with E-state index in [1.165, 1.54) is 6.42 Å². The van der Waals surface area contributed by atoms with Gasteiger partial charge >= 0.3 is 0 Å². The molecule has 0 aromatic rings. The molecular formula is C14H21NO. The standard InChI is InChI=1S/C14H21NO/c1-4-6-12-9-13(12)10-14(16)15-8-5-7-11(2)3/h4-7,12-13H,2,8-10H2,1,3H3,(H,15,16)/b6-4?,7-5+. The van der Waals surface area contributed by atoms with E-state index in [2.05, 4.69) is 24.0 Å². The molecule has 1 aliphatic carbocycles. The number of amides is 1. The molecule has 0 aromatic carbocycles. The summed E-state index contributed by atoms with van der Waals surface area (Å²) in [5.41, 5.74) is 1.00. The predicted octanol–water partition coefficient (Wildman–Crippen LogP) is 2.84. The third-order valence-corrected chi connectivity index (χ3v) is 2.68. The second-order valence-electron chi connectivity index (χ2n) is 4.44. The van der Waals surface area contributed by atoms with Crippen LogP contribution in [0.15, 0.2) is 36.5 Å². The van der Waals surface area contributed by atoms with Crippen LogP contribution in [0.4, 0.5) is 0 Å². The molecule has 1 N–H and O–H groups in total. The molecular weight excluding hydrogens is 198 g/mol. The minimum Gasteiger partial charge on any atom is -0.353 e. The first-order chi connectivity index (χ1) is 7.63. The van der Waals surface area contributed by atoms with E-state index in [0.29, 0.717) is 24.8 Å². The summed E-state index contributed by atoms with van der Waals surface area (Å²) in [5, 5.41) is 2.88. The third kappa shape index (κ3) is 4.96. The van der Waals surface area contributed by atoms with Gasteiger partial charge in [-0.15, -0.1) is 0 Å². The van der Waals surface area contributed by atoms with Crippen LogP contribution >= 0.6 is 0 Å². The zero-order valence-electron chi connectivity index (χ0n) is 10.2. The molecule has 2 atom stereocenters. The van der Waals surface area contributed by atoms with Crippen molar-refractivity contribution in [3.8, 4) is 0 Å². The number of hydrogen-bond acceptors (Lipinski definition) is 1. The maximum Gasteiger partial charge on any atom is 0.220 e. The molecule has 2 nitrogen and oxygen atoms in total. The summed E-state index contributed by atoms with van der Waals surface area (Å²) in [6.45, 7) is 8.32. The quantitative estimate of drug-likeness (QED) is 0.540. The van der Waals surface area contributed by atoms with Crippen LogP contribution in [-0.4, -0.2) is 12.5 Å². The molecule has 2 heteroatoms. The van der Waals surface area contributed by atoms with E-state index < -0.39 is 0 Å². The lowest BCUT2D eigenvalue weighted by atomic mass is 10.2. The minimum absolute atomic E-state index is 0.156. The fourth-order valence-corrected chi connectivity index (χ4v) is 1.73. The van der Waals surface area contributed by atoms with Crippen molar-refractivity contribution in [2.45, 2.75) is 26.7 Å². The average Bonchev–Trinajstić information content (AvgIpc) is 2.91. The van der Waals surface area contributed by atoms with Gasteiger partial charge in [-0.25, -0.2) is 0 Å². The lowest BCUT2D eigenvalue weighted by Gasteiger charge is -2.00. The van der Waals surface area contributed by atoms with Crippen LogP contribution in [0.2, 0.25) is 0 Å². The number of carbonyl (C=O) groups is 1. The molecule has 0 spiro atoms. The summed E-state index contributed by atoms with van der Waals surface area (Å²) in [6, 6.07) is 0. The van der Waals surface area contributed by atoms with Crippen molar-refractivity contribution in [3.05, 3.63) is 36.5 Å². The van der Waals surface area contributed by atoms with Crippen molar-refractivity contribution < 1.29 is 4.79 Å². The maximum absolute atomic E-state index is 11.5. The monoisotopic (exact) mass is 219 g/mol. The highest BCUT2D eigenvalue weighted by Gasteiger charge is 2.35. The second-order valence-corrected chi connectivity index (χ2v) is 4.44. The van der Waals surface area contributed by atoms with Crippen LogP contribution in [0.25, 0.3) is 0 Å². The number of rotatable bonds is 6. The van der Waals surface area contributed by atoms with Gasteiger partial charge in [0.25, 0.3) is 0 Å². The van der Waals surface area contributed by atoms with Gasteiger partial charge in [-0.05, 0) is 32.1 Å². The van der Waals surface area contributed by atoms with Crippen molar-refractivity contribution in [2.75, 3.05) is 6.54 Å². The van der Waals surface area contributed by atoms with Gasteiger partial charge < -0.3 is 5.32 Å². The van der Waals surface area contributed by atoms with Gasteiger partial charge in [-0.1, -0.05) is 36.5 Å². The number of carbonyl (C=O) groups excluding carboxylic acids is 1. The SMILES string of the molecule is C=C(C)/C=C/CNC(=O)CC1CC1C=CC. The molecule has 0 heterocycles. The van der Waals surface area contributed by atoms with Crippen molar-refractivity contribution in [2.24, 2.45) is 11.8 Å². The van der Waals surface area contributed by atoms with Crippen molar-refractivity contribution in [1.82, 2.24) is 5.32 Å². The zero-order chi connectivity index (χ0) is 12.0. The smallest absolute Gasteiger partial charge is 0.220 e. The van der Waals surface area contributed by atoms with Gasteiger partial charge in [0.1, 0.15) is 0 Å². The number of nitrogens with one attached hydrogen (secondary N) is 1. The lowest BCUT2D eigenvalue weighted by Crippen LogP contribution is -2.23. The first kappa shape index (κ1) is 12.8. The molecule has 0 radical (unpaired) electrons. The molecule has 0 saturated heterocycles. The number of hydrogen-bond donors (Lipinski definition) is 1. The Balaban J connectivity index is 2.11. The Kier molecular flexibility index (Phi) is 5.03. The van der Waals surface area contributed by atoms with E-state index in [1.807, 2.05) is 26.0 Å². The Hall–Kier alpha value is -1.31. The van der Waals surface area contributed by atoms with Crippen LogP contribution in [0, 0.1) is 11.8 Å². The molecule has 0 bridgehead atoms. The summed E-state index contributed by atoms with van der Waals surface area (Å²) in [6.07, 6.45) is 9.93. The summed E-state index contributed by atoms with van der Waals surface area (Å²) in [7, 11) is 0. The van der Waals surface area contributed by atoms with E-state index in [9.17, 15) is 4.79 Å². The number of allylic oxidation sites excluding steroid dienone is 4. The summed E-state index contributed by atoms with van der Waals surface area (Å²) in [5.74, 6) is 1.37. The highest BCUT2D eigenvalue weighted by molar-refractivity contribution is 5.76. The van der Waals surface area contributed by atoms with Gasteiger partial charge in [0, 0.05) is 13.0 Å². The van der Waals surface area contributed by atoms with E-state index >= 15 is 0 Å².